The van der Waals surface area contributed by atoms with Gasteiger partial charge in [0, 0.05) is 23.7 Å². The van der Waals surface area contributed by atoms with Crippen LogP contribution in [0.4, 0.5) is 11.4 Å². The van der Waals surface area contributed by atoms with Crippen LogP contribution in [0.3, 0.4) is 0 Å². The zero-order valence-corrected chi connectivity index (χ0v) is 23.0. The molecule has 0 aliphatic carbocycles. The summed E-state index contributed by atoms with van der Waals surface area (Å²) >= 11 is 1.21. The Kier molecular flexibility index (Phi) is 7.47. The molecule has 41 heavy (non-hydrogen) atoms. The molecule has 11 nitrogen and oxygen atoms in total. The third-order valence-electron chi connectivity index (χ3n) is 6.78. The second-order valence-electron chi connectivity index (χ2n) is 9.52. The summed E-state index contributed by atoms with van der Waals surface area (Å²) in [4.78, 5) is 50.3. The van der Waals surface area contributed by atoms with Gasteiger partial charge < -0.3 is 24.5 Å². The Bertz CT molecular complexity index is 1550. The van der Waals surface area contributed by atoms with Crippen LogP contribution in [-0.2, 0) is 20.9 Å². The molecule has 6 rings (SSSR count). The SMILES string of the molecule is CC[C@@H](SC1=Nc2ccccc2C2=N[C@H](CCC(=O)NCc3ccco3)C(=O)N12)C(=O)Nc1ccc2c(c1)OCO2. The van der Waals surface area contributed by atoms with E-state index in [0.717, 1.165) is 5.56 Å². The molecule has 0 bridgehead atoms. The number of amides is 3. The number of amidine groups is 2. The van der Waals surface area contributed by atoms with Crippen molar-refractivity contribution in [2.75, 3.05) is 12.1 Å². The maximum Gasteiger partial charge on any atom is 0.259 e. The van der Waals surface area contributed by atoms with E-state index < -0.39 is 11.3 Å². The molecule has 2 N–H and O–H groups in total. The number of nitrogens with one attached hydrogen (secondary N) is 2. The number of hydrogen-bond acceptors (Lipinski definition) is 9. The lowest BCUT2D eigenvalue weighted by Gasteiger charge is -2.27. The smallest absolute Gasteiger partial charge is 0.259 e. The Morgan fingerprint density at radius 1 is 1.12 bits per heavy atom. The Hall–Kier alpha value is -4.58. The number of aliphatic imine (C=N–C) groups is 2. The molecular weight excluding hydrogens is 546 g/mol. The first-order valence-corrected chi connectivity index (χ1v) is 14.1. The Balaban J connectivity index is 1.16. The molecule has 210 valence electrons. The first-order chi connectivity index (χ1) is 20.0. The Morgan fingerprint density at radius 2 is 1.98 bits per heavy atom. The van der Waals surface area contributed by atoms with Gasteiger partial charge in [-0.1, -0.05) is 30.8 Å². The fourth-order valence-electron chi connectivity index (χ4n) is 4.67. The minimum absolute atomic E-state index is 0.124. The number of nitrogens with zero attached hydrogens (tertiary/aromatic N) is 3. The van der Waals surface area contributed by atoms with Crippen LogP contribution in [-0.4, -0.2) is 51.7 Å². The molecule has 0 unspecified atom stereocenters. The Morgan fingerprint density at radius 3 is 2.80 bits per heavy atom. The molecule has 2 aromatic carbocycles. The highest BCUT2D eigenvalue weighted by Gasteiger charge is 2.42. The third-order valence-corrected chi connectivity index (χ3v) is 8.10. The molecule has 0 fully saturated rings. The molecule has 3 aliphatic rings. The van der Waals surface area contributed by atoms with Gasteiger partial charge in [0.25, 0.3) is 5.91 Å². The van der Waals surface area contributed by atoms with Crippen LogP contribution in [0.1, 0.15) is 37.5 Å². The minimum atomic E-state index is -0.737. The van der Waals surface area contributed by atoms with Gasteiger partial charge in [-0.25, -0.2) is 9.89 Å². The number of anilines is 1. The highest BCUT2D eigenvalue weighted by atomic mass is 32.2. The molecule has 2 atom stereocenters. The van der Waals surface area contributed by atoms with E-state index in [1.165, 1.54) is 16.7 Å². The van der Waals surface area contributed by atoms with Gasteiger partial charge in [-0.15, -0.1) is 0 Å². The van der Waals surface area contributed by atoms with Crippen molar-refractivity contribution in [3.05, 3.63) is 72.2 Å². The van der Waals surface area contributed by atoms with Gasteiger partial charge in [-0.2, -0.15) is 0 Å². The van der Waals surface area contributed by atoms with Crippen LogP contribution < -0.4 is 20.1 Å². The molecule has 3 aromatic rings. The lowest BCUT2D eigenvalue weighted by molar-refractivity contribution is -0.125. The van der Waals surface area contributed by atoms with Gasteiger partial charge in [0.15, 0.2) is 16.7 Å². The molecule has 1 aromatic heterocycles. The van der Waals surface area contributed by atoms with Gasteiger partial charge >= 0.3 is 0 Å². The van der Waals surface area contributed by atoms with E-state index in [0.29, 0.717) is 46.1 Å². The number of ether oxygens (including phenoxy) is 2. The molecule has 0 saturated carbocycles. The van der Waals surface area contributed by atoms with Crippen LogP contribution in [0.2, 0.25) is 0 Å². The molecule has 3 aliphatic heterocycles. The van der Waals surface area contributed by atoms with E-state index in [2.05, 4.69) is 10.6 Å². The van der Waals surface area contributed by atoms with Gasteiger partial charge in [-0.05, 0) is 49.2 Å². The monoisotopic (exact) mass is 573 g/mol. The number of rotatable bonds is 9. The van der Waals surface area contributed by atoms with Crippen molar-refractivity contribution in [1.29, 1.82) is 0 Å². The second kappa shape index (κ2) is 11.5. The third kappa shape index (κ3) is 5.55. The van der Waals surface area contributed by atoms with Crippen molar-refractivity contribution in [2.24, 2.45) is 9.98 Å². The van der Waals surface area contributed by atoms with E-state index >= 15 is 0 Å². The zero-order valence-electron chi connectivity index (χ0n) is 22.2. The van der Waals surface area contributed by atoms with Crippen LogP contribution in [0.5, 0.6) is 11.5 Å². The summed E-state index contributed by atoms with van der Waals surface area (Å²) in [5.74, 6) is 1.63. The predicted molar refractivity (Wildman–Crippen MR) is 153 cm³/mol. The molecule has 0 radical (unpaired) electrons. The molecule has 4 heterocycles. The first-order valence-electron chi connectivity index (χ1n) is 13.3. The summed E-state index contributed by atoms with van der Waals surface area (Å²) in [6, 6.07) is 15.4. The number of fused-ring (bicyclic) bond motifs is 4. The van der Waals surface area contributed by atoms with Crippen molar-refractivity contribution >= 4 is 51.9 Å². The lowest BCUT2D eigenvalue weighted by atomic mass is 10.1. The minimum Gasteiger partial charge on any atom is -0.467 e. The number of benzene rings is 2. The van der Waals surface area contributed by atoms with Crippen LogP contribution in [0.15, 0.2) is 75.3 Å². The number of carbonyl (C=O) groups excluding carboxylic acids is 3. The van der Waals surface area contributed by atoms with Crippen molar-refractivity contribution in [2.45, 2.75) is 44.0 Å². The summed E-state index contributed by atoms with van der Waals surface area (Å²) in [6.07, 6.45) is 2.41. The van der Waals surface area contributed by atoms with Crippen molar-refractivity contribution in [3.8, 4) is 11.5 Å². The highest BCUT2D eigenvalue weighted by Crippen LogP contribution is 2.37. The normalized spacial score (nSPS) is 17.3. The molecule has 3 amide bonds. The Labute approximate surface area is 240 Å². The summed E-state index contributed by atoms with van der Waals surface area (Å²) in [7, 11) is 0. The molecule has 0 spiro atoms. The largest absolute Gasteiger partial charge is 0.467 e. The van der Waals surface area contributed by atoms with E-state index in [4.69, 9.17) is 23.9 Å². The summed E-state index contributed by atoms with van der Waals surface area (Å²) in [6.45, 7) is 2.32. The van der Waals surface area contributed by atoms with Crippen LogP contribution in [0, 0.1) is 0 Å². The van der Waals surface area contributed by atoms with Crippen LogP contribution >= 0.6 is 11.8 Å². The van der Waals surface area contributed by atoms with Gasteiger partial charge in [0.05, 0.1) is 23.7 Å². The van der Waals surface area contributed by atoms with Gasteiger partial charge in [-0.3, -0.25) is 19.4 Å². The summed E-state index contributed by atoms with van der Waals surface area (Å²) in [5, 5.41) is 5.57. The van der Waals surface area contributed by atoms with Gasteiger partial charge in [0.2, 0.25) is 18.6 Å². The second-order valence-corrected chi connectivity index (χ2v) is 10.7. The number of furan rings is 1. The first kappa shape index (κ1) is 26.6. The average Bonchev–Trinajstić information content (AvgIpc) is 3.74. The van der Waals surface area contributed by atoms with E-state index in [-0.39, 0.29) is 43.9 Å². The lowest BCUT2D eigenvalue weighted by Crippen LogP contribution is -2.42. The maximum atomic E-state index is 13.6. The molecular formula is C29H27N5O6S. The highest BCUT2D eigenvalue weighted by molar-refractivity contribution is 8.15. The number of para-hydroxylation sites is 1. The zero-order chi connectivity index (χ0) is 28.3. The fourth-order valence-corrected chi connectivity index (χ4v) is 5.69. The van der Waals surface area contributed by atoms with Crippen molar-refractivity contribution in [3.63, 3.8) is 0 Å². The topological polar surface area (TPSA) is 135 Å². The predicted octanol–water partition coefficient (Wildman–Crippen LogP) is 4.21. The van der Waals surface area contributed by atoms with Gasteiger partial charge in [0.1, 0.15) is 17.6 Å². The van der Waals surface area contributed by atoms with E-state index in [1.807, 2.05) is 31.2 Å². The van der Waals surface area contributed by atoms with E-state index in [1.54, 1.807) is 36.6 Å². The summed E-state index contributed by atoms with van der Waals surface area (Å²) < 4.78 is 16.0. The number of thioether (sulfide) groups is 1. The molecule has 0 saturated heterocycles. The quantitative estimate of drug-likeness (QED) is 0.392. The standard InChI is InChI=1S/C29H27N5O6S/c1-2-24(27(36)31-17-9-11-22-23(14-17)40-16-39-22)41-29-33-20-8-4-3-7-19(20)26-32-21(28(37)34(26)29)10-12-25(35)30-15-18-6-5-13-38-18/h3-9,11,13-14,21,24H,2,10,12,15-16H2,1H3,(H,30,35)(H,31,36)/t21-,24-/m1/s1. The summed E-state index contributed by atoms with van der Waals surface area (Å²) in [5.41, 5.74) is 1.98. The van der Waals surface area contributed by atoms with E-state index in [9.17, 15) is 14.4 Å². The number of carbonyl (C=O) groups is 3. The van der Waals surface area contributed by atoms with Crippen LogP contribution in [0.25, 0.3) is 0 Å². The molecule has 12 heteroatoms. The number of hydrogen-bond donors (Lipinski definition) is 2. The van der Waals surface area contributed by atoms with Crippen molar-refractivity contribution in [1.82, 2.24) is 10.2 Å². The average molecular weight is 574 g/mol. The fraction of sp³-hybridized carbons (Fsp3) is 0.276. The maximum absolute atomic E-state index is 13.6. The van der Waals surface area contributed by atoms with Crippen molar-refractivity contribution < 1.29 is 28.3 Å².